The first-order valence-corrected chi connectivity index (χ1v) is 5.42. The average Bonchev–Trinajstić information content (AvgIpc) is 2.27. The molecular formula is C12H19N3. The number of anilines is 1. The van der Waals surface area contributed by atoms with Crippen molar-refractivity contribution in [1.29, 1.82) is 0 Å². The third-order valence-corrected chi connectivity index (χ3v) is 2.17. The summed E-state index contributed by atoms with van der Waals surface area (Å²) in [4.78, 5) is 4.20. The van der Waals surface area contributed by atoms with Gasteiger partial charge in [-0.1, -0.05) is 32.0 Å². The van der Waals surface area contributed by atoms with Crippen LogP contribution in [0.5, 0.6) is 0 Å². The fourth-order valence-corrected chi connectivity index (χ4v) is 1.36. The molecule has 0 unspecified atom stereocenters. The van der Waals surface area contributed by atoms with E-state index in [0.717, 1.165) is 25.1 Å². The number of aryl methyl sites for hydroxylation is 1. The largest absolute Gasteiger partial charge is 0.370 e. The molecule has 0 bridgehead atoms. The Kier molecular flexibility index (Phi) is 4.68. The van der Waals surface area contributed by atoms with Gasteiger partial charge in [0.25, 0.3) is 0 Å². The zero-order valence-corrected chi connectivity index (χ0v) is 9.46. The average molecular weight is 205 g/mol. The number of rotatable bonds is 4. The molecule has 0 aliphatic carbocycles. The van der Waals surface area contributed by atoms with E-state index in [4.69, 9.17) is 5.73 Å². The van der Waals surface area contributed by atoms with Gasteiger partial charge in [-0.3, -0.25) is 4.99 Å². The number of nitrogens with zero attached hydrogens (tertiary/aromatic N) is 1. The molecule has 0 aromatic heterocycles. The van der Waals surface area contributed by atoms with Crippen molar-refractivity contribution >= 4 is 11.6 Å². The van der Waals surface area contributed by atoms with Gasteiger partial charge in [-0.25, -0.2) is 0 Å². The van der Waals surface area contributed by atoms with Crippen molar-refractivity contribution in [2.24, 2.45) is 10.7 Å². The van der Waals surface area contributed by atoms with Crippen LogP contribution in [-0.4, -0.2) is 12.5 Å². The number of para-hydroxylation sites is 1. The van der Waals surface area contributed by atoms with Gasteiger partial charge in [0.15, 0.2) is 5.96 Å². The molecule has 3 nitrogen and oxygen atoms in total. The van der Waals surface area contributed by atoms with Gasteiger partial charge in [0.05, 0.1) is 0 Å². The summed E-state index contributed by atoms with van der Waals surface area (Å²) in [5, 5.41) is 3.12. The fraction of sp³-hybridized carbons (Fsp3) is 0.417. The Morgan fingerprint density at radius 1 is 1.33 bits per heavy atom. The zero-order valence-electron chi connectivity index (χ0n) is 9.46. The molecule has 0 fully saturated rings. The molecule has 1 aromatic carbocycles. The van der Waals surface area contributed by atoms with Gasteiger partial charge >= 0.3 is 0 Å². The number of nitrogens with one attached hydrogen (secondary N) is 1. The second-order valence-corrected chi connectivity index (χ2v) is 3.40. The van der Waals surface area contributed by atoms with E-state index in [1.807, 2.05) is 18.2 Å². The predicted octanol–water partition coefficient (Wildman–Crippen LogP) is 2.39. The normalized spacial score (nSPS) is 11.5. The van der Waals surface area contributed by atoms with Crippen LogP contribution in [0.25, 0.3) is 0 Å². The molecule has 1 rings (SSSR count). The van der Waals surface area contributed by atoms with Crippen LogP contribution in [0.3, 0.4) is 0 Å². The molecule has 0 aliphatic heterocycles. The van der Waals surface area contributed by atoms with Crippen LogP contribution in [0.15, 0.2) is 29.3 Å². The van der Waals surface area contributed by atoms with Crippen molar-refractivity contribution in [1.82, 2.24) is 0 Å². The van der Waals surface area contributed by atoms with Gasteiger partial charge in [0.1, 0.15) is 0 Å². The van der Waals surface area contributed by atoms with Crippen molar-refractivity contribution in [2.45, 2.75) is 26.7 Å². The second-order valence-electron chi connectivity index (χ2n) is 3.40. The summed E-state index contributed by atoms with van der Waals surface area (Å²) in [7, 11) is 0. The number of hydrogen-bond donors (Lipinski definition) is 2. The zero-order chi connectivity index (χ0) is 11.1. The molecule has 0 saturated heterocycles. The van der Waals surface area contributed by atoms with Crippen molar-refractivity contribution in [3.63, 3.8) is 0 Å². The first-order valence-electron chi connectivity index (χ1n) is 5.42. The van der Waals surface area contributed by atoms with Crippen LogP contribution >= 0.6 is 0 Å². The number of guanidine groups is 1. The minimum Gasteiger partial charge on any atom is -0.370 e. The quantitative estimate of drug-likeness (QED) is 0.585. The highest BCUT2D eigenvalue weighted by molar-refractivity contribution is 5.92. The van der Waals surface area contributed by atoms with E-state index in [0.29, 0.717) is 5.96 Å². The minimum absolute atomic E-state index is 0.498. The van der Waals surface area contributed by atoms with Gasteiger partial charge in [0, 0.05) is 12.2 Å². The Morgan fingerprint density at radius 2 is 2.07 bits per heavy atom. The van der Waals surface area contributed by atoms with Crippen molar-refractivity contribution in [3.05, 3.63) is 29.8 Å². The SMILES string of the molecule is CCCN=C(N)Nc1ccccc1CC. The van der Waals surface area contributed by atoms with E-state index < -0.39 is 0 Å². The molecule has 0 spiro atoms. The highest BCUT2D eigenvalue weighted by Crippen LogP contribution is 2.14. The van der Waals surface area contributed by atoms with Crippen molar-refractivity contribution < 1.29 is 0 Å². The lowest BCUT2D eigenvalue weighted by Crippen LogP contribution is -2.23. The number of hydrogen-bond acceptors (Lipinski definition) is 1. The Balaban J connectivity index is 2.71. The lowest BCUT2D eigenvalue weighted by atomic mass is 10.1. The monoisotopic (exact) mass is 205 g/mol. The first-order chi connectivity index (χ1) is 7.27. The highest BCUT2D eigenvalue weighted by Gasteiger charge is 1.99. The summed E-state index contributed by atoms with van der Waals surface area (Å²) in [6, 6.07) is 8.14. The lowest BCUT2D eigenvalue weighted by Gasteiger charge is -2.09. The van der Waals surface area contributed by atoms with E-state index in [-0.39, 0.29) is 0 Å². The summed E-state index contributed by atoms with van der Waals surface area (Å²) in [6.07, 6.45) is 2.00. The molecule has 0 aliphatic rings. The van der Waals surface area contributed by atoms with Gasteiger partial charge in [-0.05, 0) is 24.5 Å². The van der Waals surface area contributed by atoms with Gasteiger partial charge in [-0.2, -0.15) is 0 Å². The van der Waals surface area contributed by atoms with E-state index in [2.05, 4.69) is 30.2 Å². The number of aliphatic imine (C=N–C) groups is 1. The molecule has 3 N–H and O–H groups in total. The maximum absolute atomic E-state index is 5.75. The van der Waals surface area contributed by atoms with Crippen LogP contribution in [0.2, 0.25) is 0 Å². The smallest absolute Gasteiger partial charge is 0.193 e. The molecule has 0 atom stereocenters. The van der Waals surface area contributed by atoms with Crippen molar-refractivity contribution in [3.8, 4) is 0 Å². The molecular weight excluding hydrogens is 186 g/mol. The maximum atomic E-state index is 5.75. The molecule has 0 saturated carbocycles. The summed E-state index contributed by atoms with van der Waals surface area (Å²) in [6.45, 7) is 4.98. The van der Waals surface area contributed by atoms with Crippen LogP contribution in [0.4, 0.5) is 5.69 Å². The minimum atomic E-state index is 0.498. The van der Waals surface area contributed by atoms with Crippen LogP contribution < -0.4 is 11.1 Å². The first kappa shape index (κ1) is 11.6. The third kappa shape index (κ3) is 3.62. The number of benzene rings is 1. The molecule has 0 radical (unpaired) electrons. The Hall–Kier alpha value is -1.51. The molecule has 15 heavy (non-hydrogen) atoms. The molecule has 0 heterocycles. The number of nitrogens with two attached hydrogens (primary N) is 1. The van der Waals surface area contributed by atoms with Gasteiger partial charge in [-0.15, -0.1) is 0 Å². The fourth-order valence-electron chi connectivity index (χ4n) is 1.36. The summed E-state index contributed by atoms with van der Waals surface area (Å²) >= 11 is 0. The topological polar surface area (TPSA) is 50.4 Å². The summed E-state index contributed by atoms with van der Waals surface area (Å²) < 4.78 is 0. The van der Waals surface area contributed by atoms with Crippen LogP contribution in [0.1, 0.15) is 25.8 Å². The van der Waals surface area contributed by atoms with Crippen LogP contribution in [-0.2, 0) is 6.42 Å². The predicted molar refractivity (Wildman–Crippen MR) is 66.2 cm³/mol. The highest BCUT2D eigenvalue weighted by atomic mass is 15.1. The summed E-state index contributed by atoms with van der Waals surface area (Å²) in [5.41, 5.74) is 8.06. The van der Waals surface area contributed by atoms with Gasteiger partial charge < -0.3 is 11.1 Å². The van der Waals surface area contributed by atoms with Crippen LogP contribution in [0, 0.1) is 0 Å². The lowest BCUT2D eigenvalue weighted by molar-refractivity contribution is 0.929. The molecule has 82 valence electrons. The van der Waals surface area contributed by atoms with E-state index in [1.54, 1.807) is 0 Å². The summed E-state index contributed by atoms with van der Waals surface area (Å²) in [5.74, 6) is 0.498. The third-order valence-electron chi connectivity index (χ3n) is 2.17. The Morgan fingerprint density at radius 3 is 2.73 bits per heavy atom. The standard InChI is InChI=1S/C12H19N3/c1-3-9-14-12(13)15-11-8-6-5-7-10(11)4-2/h5-8H,3-4,9H2,1-2H3,(H3,13,14,15). The van der Waals surface area contributed by atoms with Gasteiger partial charge in [0.2, 0.25) is 0 Å². The van der Waals surface area contributed by atoms with E-state index in [1.165, 1.54) is 5.56 Å². The Labute approximate surface area is 91.4 Å². The molecule has 0 amide bonds. The second kappa shape index (κ2) is 6.06. The molecule has 3 heteroatoms. The Bertz CT molecular complexity index is 331. The van der Waals surface area contributed by atoms with Crippen molar-refractivity contribution in [2.75, 3.05) is 11.9 Å². The molecule has 1 aromatic rings. The maximum Gasteiger partial charge on any atom is 0.193 e. The van der Waals surface area contributed by atoms with E-state index in [9.17, 15) is 0 Å². The van der Waals surface area contributed by atoms with E-state index >= 15 is 0 Å².